The van der Waals surface area contributed by atoms with Gasteiger partial charge in [0, 0.05) is 0 Å². The molecule has 1 radical (unpaired) electrons. The van der Waals surface area contributed by atoms with Gasteiger partial charge < -0.3 is 0 Å². The number of carbonyl (C=O) groups excluding carboxylic acids is 1. The van der Waals surface area contributed by atoms with Crippen molar-refractivity contribution in [3.63, 3.8) is 0 Å². The van der Waals surface area contributed by atoms with Crippen LogP contribution in [0.25, 0.3) is 0 Å². The monoisotopic (exact) mass is 463 g/mol. The fourth-order valence-corrected chi connectivity index (χ4v) is 6.50. The van der Waals surface area contributed by atoms with E-state index in [1.165, 1.54) is 6.07 Å². The van der Waals surface area contributed by atoms with Gasteiger partial charge in [-0.2, -0.15) is 0 Å². The van der Waals surface area contributed by atoms with E-state index >= 15 is 0 Å². The van der Waals surface area contributed by atoms with Crippen molar-refractivity contribution < 1.29 is 13.6 Å². The first-order chi connectivity index (χ1) is 13.8. The topological polar surface area (TPSA) is 72.1 Å². The van der Waals surface area contributed by atoms with Crippen LogP contribution in [0.1, 0.15) is 60.3 Å². The van der Waals surface area contributed by atoms with Crippen LogP contribution < -0.4 is 15.1 Å². The molecule has 155 valence electrons. The van der Waals surface area contributed by atoms with Crippen LogP contribution in [0.15, 0.2) is 18.2 Å². The van der Waals surface area contributed by atoms with Crippen LogP contribution in [-0.2, 0) is 6.42 Å². The Hall–Kier alpha value is -2.01. The normalized spacial score (nSPS) is 19.6. The van der Waals surface area contributed by atoms with E-state index < -0.39 is 17.5 Å². The Morgan fingerprint density at radius 2 is 1.90 bits per heavy atom. The second-order valence-corrected chi connectivity index (χ2v) is 10.6. The molecule has 0 aliphatic heterocycles. The number of rotatable bonds is 6. The zero-order valence-corrected chi connectivity index (χ0v) is 18.8. The molecule has 0 atom stereocenters. The number of aromatic nitrogens is 2. The third-order valence-corrected chi connectivity index (χ3v) is 8.22. The Balaban J connectivity index is 1.73. The van der Waals surface area contributed by atoms with Crippen molar-refractivity contribution in [2.45, 2.75) is 49.7 Å². The van der Waals surface area contributed by atoms with Gasteiger partial charge in [0.1, 0.15) is 0 Å². The first kappa shape index (κ1) is 21.7. The Bertz CT molecular complexity index is 898. The van der Waals surface area contributed by atoms with Crippen LogP contribution >= 0.6 is 0 Å². The molecular weight excluding hydrogens is 437 g/mol. The van der Waals surface area contributed by atoms with Crippen molar-refractivity contribution in [3.05, 3.63) is 46.8 Å². The number of nitrogens with zero attached hydrogens (tertiary/aromatic N) is 3. The fourth-order valence-electron chi connectivity index (χ4n) is 3.78. The van der Waals surface area contributed by atoms with Crippen LogP contribution in [-0.4, -0.2) is 45.7 Å². The zero-order valence-electron chi connectivity index (χ0n) is 17.0. The summed E-state index contributed by atoms with van der Waals surface area (Å²) in [6.45, 7) is 2.05. The van der Waals surface area contributed by atoms with Crippen molar-refractivity contribution >= 4 is 32.0 Å². The number of halogens is 2. The van der Waals surface area contributed by atoms with Crippen molar-refractivity contribution in [2.75, 3.05) is 19.0 Å². The molecule has 29 heavy (non-hydrogen) atoms. The molecule has 1 aromatic carbocycles. The number of anilines is 1. The molecular formula is C21H26AsF2N4O. The molecule has 1 aromatic heterocycles. The van der Waals surface area contributed by atoms with Gasteiger partial charge >= 0.3 is 177 Å². The predicted molar refractivity (Wildman–Crippen MR) is 111 cm³/mol. The van der Waals surface area contributed by atoms with Gasteiger partial charge in [-0.25, -0.2) is 0 Å². The van der Waals surface area contributed by atoms with Crippen molar-refractivity contribution in [1.82, 2.24) is 9.97 Å². The SMILES string of the molecule is CCc1nc([As]C2CCC(c3c(C(N)=O)ccc(F)c3F)CC2)cc(N(C)C)n1. The third-order valence-electron chi connectivity index (χ3n) is 5.34. The number of benzene rings is 1. The van der Waals surface area contributed by atoms with Gasteiger partial charge in [-0.15, -0.1) is 0 Å². The molecule has 1 aliphatic carbocycles. The van der Waals surface area contributed by atoms with Gasteiger partial charge in [0.2, 0.25) is 0 Å². The van der Waals surface area contributed by atoms with Crippen molar-refractivity contribution in [3.8, 4) is 0 Å². The molecule has 0 unspecified atom stereocenters. The third kappa shape index (κ3) is 4.95. The number of hydrogen-bond donors (Lipinski definition) is 1. The number of primary amides is 1. The summed E-state index contributed by atoms with van der Waals surface area (Å²) in [6, 6.07) is 4.32. The van der Waals surface area contributed by atoms with Gasteiger partial charge in [0.25, 0.3) is 0 Å². The first-order valence-corrected chi connectivity index (χ1v) is 11.9. The molecule has 2 N–H and O–H groups in total. The maximum atomic E-state index is 14.5. The van der Waals surface area contributed by atoms with Crippen molar-refractivity contribution in [2.24, 2.45) is 5.73 Å². The van der Waals surface area contributed by atoms with Gasteiger partial charge in [0.15, 0.2) is 0 Å². The van der Waals surface area contributed by atoms with E-state index in [4.69, 9.17) is 10.7 Å². The first-order valence-electron chi connectivity index (χ1n) is 9.84. The zero-order chi connectivity index (χ0) is 21.1. The summed E-state index contributed by atoms with van der Waals surface area (Å²) in [7, 11) is 3.94. The van der Waals surface area contributed by atoms with E-state index in [9.17, 15) is 13.6 Å². The molecule has 0 bridgehead atoms. The standard InChI is InChI=1S/C21H26AsF2N4O/c1-4-17-26-16(11-18(27-17)28(2)3)22-13-7-5-12(6-8-13)19-14(21(25)29)9-10-15(23)20(19)24/h9-13H,4-8H2,1-3H3,(H2,25,29). The Morgan fingerprint density at radius 3 is 2.48 bits per heavy atom. The minimum atomic E-state index is -0.933. The maximum absolute atomic E-state index is 14.5. The fraction of sp³-hybridized carbons (Fsp3) is 0.476. The second kappa shape index (κ2) is 9.20. The molecule has 3 rings (SSSR count). The summed E-state index contributed by atoms with van der Waals surface area (Å²) >= 11 is -0.151. The Labute approximate surface area is 176 Å². The molecule has 1 fully saturated rings. The summed E-state index contributed by atoms with van der Waals surface area (Å²) in [5.74, 6) is -0.983. The molecule has 1 amide bonds. The van der Waals surface area contributed by atoms with E-state index in [-0.39, 0.29) is 32.8 Å². The van der Waals surface area contributed by atoms with Crippen LogP contribution in [0.2, 0.25) is 4.71 Å². The number of carbonyl (C=O) groups is 1. The van der Waals surface area contributed by atoms with Crippen LogP contribution in [0, 0.1) is 11.6 Å². The average molecular weight is 463 g/mol. The summed E-state index contributed by atoms with van der Waals surface area (Å²) in [5.41, 5.74) is 5.64. The van der Waals surface area contributed by atoms with Gasteiger partial charge in [-0.05, 0) is 0 Å². The van der Waals surface area contributed by atoms with E-state index in [0.29, 0.717) is 17.5 Å². The molecule has 1 heterocycles. The number of aryl methyl sites for hydroxylation is 1. The molecule has 8 heteroatoms. The van der Waals surface area contributed by atoms with Gasteiger partial charge in [-0.3, -0.25) is 0 Å². The average Bonchev–Trinajstić information content (AvgIpc) is 2.70. The second-order valence-electron chi connectivity index (χ2n) is 7.57. The van der Waals surface area contributed by atoms with Gasteiger partial charge in [0.05, 0.1) is 0 Å². The number of hydrogen-bond acceptors (Lipinski definition) is 4. The molecule has 0 saturated heterocycles. The van der Waals surface area contributed by atoms with E-state index in [1.54, 1.807) is 0 Å². The van der Waals surface area contributed by atoms with Crippen LogP contribution in [0.4, 0.5) is 14.6 Å². The summed E-state index contributed by atoms with van der Waals surface area (Å²) in [5, 5.41) is 0. The van der Waals surface area contributed by atoms with E-state index in [1.807, 2.05) is 25.9 Å². The van der Waals surface area contributed by atoms with Crippen LogP contribution in [0.3, 0.4) is 0 Å². The molecule has 0 spiro atoms. The molecule has 5 nitrogen and oxygen atoms in total. The van der Waals surface area contributed by atoms with Crippen LogP contribution in [0.5, 0.6) is 0 Å². The summed E-state index contributed by atoms with van der Waals surface area (Å²) in [6.07, 6.45) is 4.03. The van der Waals surface area contributed by atoms with E-state index in [0.717, 1.165) is 41.5 Å². The Kier molecular flexibility index (Phi) is 6.88. The van der Waals surface area contributed by atoms with Crippen molar-refractivity contribution in [1.29, 1.82) is 0 Å². The number of amides is 1. The summed E-state index contributed by atoms with van der Waals surface area (Å²) in [4.78, 5) is 22.9. The quantitative estimate of drug-likeness (QED) is 0.669. The minimum absolute atomic E-state index is 0.0969. The Morgan fingerprint density at radius 1 is 1.21 bits per heavy atom. The molecule has 1 aliphatic rings. The van der Waals surface area contributed by atoms with E-state index in [2.05, 4.69) is 11.1 Å². The van der Waals surface area contributed by atoms with Gasteiger partial charge in [-0.1, -0.05) is 0 Å². The molecule has 1 saturated carbocycles. The summed E-state index contributed by atoms with van der Waals surface area (Å²) < 4.78 is 29.8. The number of nitrogens with two attached hydrogens (primary N) is 1. The predicted octanol–water partition coefficient (Wildman–Crippen LogP) is 2.96. The molecule has 2 aromatic rings.